The second-order valence-electron chi connectivity index (χ2n) is 7.42. The number of piperidine rings is 1. The number of hydrogen-bond donors (Lipinski definition) is 1. The van der Waals surface area contributed by atoms with E-state index < -0.39 is 11.9 Å². The third-order valence-corrected chi connectivity index (χ3v) is 6.33. The molecule has 1 N–H and O–H groups in total. The summed E-state index contributed by atoms with van der Waals surface area (Å²) in [5.74, 6) is -1.48. The summed E-state index contributed by atoms with van der Waals surface area (Å²) in [4.78, 5) is 30.7. The van der Waals surface area contributed by atoms with Gasteiger partial charge >= 0.3 is 11.9 Å². The van der Waals surface area contributed by atoms with Gasteiger partial charge in [0, 0.05) is 32.7 Å². The Morgan fingerprint density at radius 2 is 1.87 bits per heavy atom. The minimum atomic E-state index is -1.40. The third-order valence-electron chi connectivity index (χ3n) is 5.42. The zero-order chi connectivity index (χ0) is 21.1. The van der Waals surface area contributed by atoms with E-state index in [0.29, 0.717) is 5.19 Å². The van der Waals surface area contributed by atoms with Gasteiger partial charge in [0.05, 0.1) is 10.2 Å². The average molecular weight is 426 g/mol. The fourth-order valence-electron chi connectivity index (χ4n) is 3.70. The SMILES string of the molecule is CN(C(=O)C(=O)O)C1CCN(Cc2ccc(Oc3nc4ccccc4s3)cc2)CC1. The summed E-state index contributed by atoms with van der Waals surface area (Å²) >= 11 is 1.52. The van der Waals surface area contributed by atoms with Crippen molar-refractivity contribution in [1.82, 2.24) is 14.8 Å². The van der Waals surface area contributed by atoms with Crippen molar-refractivity contribution in [2.45, 2.75) is 25.4 Å². The zero-order valence-corrected chi connectivity index (χ0v) is 17.5. The van der Waals surface area contributed by atoms with Crippen LogP contribution >= 0.6 is 11.3 Å². The van der Waals surface area contributed by atoms with Crippen molar-refractivity contribution in [3.05, 3.63) is 54.1 Å². The number of carboxylic acid groups (broad SMARTS) is 1. The Balaban J connectivity index is 1.30. The first-order chi connectivity index (χ1) is 14.5. The Morgan fingerprint density at radius 1 is 1.17 bits per heavy atom. The van der Waals surface area contributed by atoms with Gasteiger partial charge in [-0.3, -0.25) is 9.69 Å². The normalized spacial score (nSPS) is 15.2. The Bertz CT molecular complexity index is 1010. The van der Waals surface area contributed by atoms with Crippen molar-refractivity contribution in [2.75, 3.05) is 20.1 Å². The zero-order valence-electron chi connectivity index (χ0n) is 16.7. The van der Waals surface area contributed by atoms with E-state index in [2.05, 4.69) is 22.0 Å². The molecule has 0 atom stereocenters. The van der Waals surface area contributed by atoms with Crippen LogP contribution in [0.3, 0.4) is 0 Å². The largest absolute Gasteiger partial charge is 0.474 e. The van der Waals surface area contributed by atoms with E-state index in [9.17, 15) is 9.59 Å². The van der Waals surface area contributed by atoms with Crippen LogP contribution in [0.2, 0.25) is 0 Å². The average Bonchev–Trinajstić information content (AvgIpc) is 3.17. The molecule has 0 spiro atoms. The minimum absolute atomic E-state index is 0.0190. The number of likely N-dealkylation sites (tertiary alicyclic amines) is 1. The van der Waals surface area contributed by atoms with E-state index in [1.54, 1.807) is 7.05 Å². The predicted molar refractivity (Wildman–Crippen MR) is 115 cm³/mol. The van der Waals surface area contributed by atoms with Gasteiger partial charge in [0.1, 0.15) is 5.75 Å². The van der Waals surface area contributed by atoms with Crippen molar-refractivity contribution in [3.8, 4) is 10.9 Å². The lowest BCUT2D eigenvalue weighted by atomic mass is 10.0. The molecule has 2 aromatic carbocycles. The predicted octanol–water partition coefficient (Wildman–Crippen LogP) is 3.60. The molecule has 1 saturated heterocycles. The topological polar surface area (TPSA) is 83.0 Å². The number of carbonyl (C=O) groups excluding carboxylic acids is 1. The molecule has 30 heavy (non-hydrogen) atoms. The van der Waals surface area contributed by atoms with Crippen molar-refractivity contribution < 1.29 is 19.4 Å². The van der Waals surface area contributed by atoms with Crippen molar-refractivity contribution in [2.24, 2.45) is 0 Å². The van der Waals surface area contributed by atoms with Gasteiger partial charge in [-0.1, -0.05) is 35.6 Å². The highest BCUT2D eigenvalue weighted by molar-refractivity contribution is 7.20. The summed E-state index contributed by atoms with van der Waals surface area (Å²) in [6.07, 6.45) is 1.54. The van der Waals surface area contributed by atoms with Gasteiger partial charge in [0.2, 0.25) is 0 Å². The second kappa shape index (κ2) is 8.81. The van der Waals surface area contributed by atoms with E-state index in [1.807, 2.05) is 36.4 Å². The molecule has 0 saturated carbocycles. The molecule has 1 fully saturated rings. The molecule has 0 radical (unpaired) electrons. The van der Waals surface area contributed by atoms with Gasteiger partial charge in [-0.15, -0.1) is 0 Å². The Labute approximate surface area is 178 Å². The number of aliphatic carboxylic acids is 1. The summed E-state index contributed by atoms with van der Waals surface area (Å²) in [6.45, 7) is 2.46. The highest BCUT2D eigenvalue weighted by Crippen LogP contribution is 2.31. The number of fused-ring (bicyclic) bond motifs is 1. The third kappa shape index (κ3) is 4.60. The van der Waals surface area contributed by atoms with Crippen LogP contribution in [0.1, 0.15) is 18.4 Å². The number of para-hydroxylation sites is 1. The van der Waals surface area contributed by atoms with Gasteiger partial charge in [0.25, 0.3) is 5.19 Å². The first-order valence-corrected chi connectivity index (χ1v) is 10.7. The minimum Gasteiger partial charge on any atom is -0.474 e. The number of ether oxygens (including phenoxy) is 1. The maximum atomic E-state index is 11.6. The molecule has 8 heteroatoms. The quantitative estimate of drug-likeness (QED) is 0.629. The van der Waals surface area contributed by atoms with Gasteiger partial charge in [0.15, 0.2) is 0 Å². The summed E-state index contributed by atoms with van der Waals surface area (Å²) in [7, 11) is 1.57. The summed E-state index contributed by atoms with van der Waals surface area (Å²) < 4.78 is 7.00. The van der Waals surface area contributed by atoms with Crippen LogP contribution in [-0.4, -0.2) is 57.9 Å². The number of nitrogens with zero attached hydrogens (tertiary/aromatic N) is 3. The van der Waals surface area contributed by atoms with Gasteiger partial charge < -0.3 is 14.7 Å². The van der Waals surface area contributed by atoms with Crippen LogP contribution in [0, 0.1) is 0 Å². The van der Waals surface area contributed by atoms with Crippen LogP contribution in [0.5, 0.6) is 10.9 Å². The van der Waals surface area contributed by atoms with E-state index in [0.717, 1.165) is 48.4 Å². The lowest BCUT2D eigenvalue weighted by Gasteiger charge is -2.36. The fourth-order valence-corrected chi connectivity index (χ4v) is 4.53. The number of carboxylic acids is 1. The Kier molecular flexibility index (Phi) is 5.96. The molecule has 2 heterocycles. The molecule has 1 aliphatic rings. The highest BCUT2D eigenvalue weighted by Gasteiger charge is 2.28. The molecule has 4 rings (SSSR count). The fraction of sp³-hybridized carbons (Fsp3) is 0.318. The summed E-state index contributed by atoms with van der Waals surface area (Å²) in [6, 6.07) is 15.9. The molecule has 0 bridgehead atoms. The molecule has 1 aliphatic heterocycles. The van der Waals surface area contributed by atoms with Crippen molar-refractivity contribution in [1.29, 1.82) is 0 Å². The highest BCUT2D eigenvalue weighted by atomic mass is 32.1. The van der Waals surface area contributed by atoms with Gasteiger partial charge in [-0.2, -0.15) is 0 Å². The molecule has 3 aromatic rings. The number of carbonyl (C=O) groups is 2. The van der Waals surface area contributed by atoms with E-state index in [-0.39, 0.29) is 6.04 Å². The number of benzene rings is 2. The van der Waals surface area contributed by atoms with E-state index in [4.69, 9.17) is 9.84 Å². The standard InChI is InChI=1S/C22H23N3O4S/c1-24(20(26)21(27)28)16-10-12-25(13-11-16)14-15-6-8-17(9-7-15)29-22-23-18-4-2-3-5-19(18)30-22/h2-9,16H,10-14H2,1H3,(H,27,28). The molecule has 1 amide bonds. The lowest BCUT2D eigenvalue weighted by Crippen LogP contribution is -2.47. The summed E-state index contributed by atoms with van der Waals surface area (Å²) in [5, 5.41) is 9.50. The Morgan fingerprint density at radius 3 is 2.53 bits per heavy atom. The molecule has 0 unspecified atom stereocenters. The summed E-state index contributed by atoms with van der Waals surface area (Å²) in [5.41, 5.74) is 2.12. The lowest BCUT2D eigenvalue weighted by molar-refractivity contribution is -0.156. The first-order valence-electron chi connectivity index (χ1n) is 9.84. The van der Waals surface area contributed by atoms with Crippen LogP contribution in [0.15, 0.2) is 48.5 Å². The number of likely N-dealkylation sites (N-methyl/N-ethyl adjacent to an activating group) is 1. The molecular formula is C22H23N3O4S. The maximum absolute atomic E-state index is 11.6. The monoisotopic (exact) mass is 425 g/mol. The molecule has 156 valence electrons. The van der Waals surface area contributed by atoms with Crippen molar-refractivity contribution in [3.63, 3.8) is 0 Å². The smallest absolute Gasteiger partial charge is 0.394 e. The number of amides is 1. The molecule has 7 nitrogen and oxygen atoms in total. The van der Waals surface area contributed by atoms with Crippen LogP contribution in [0.4, 0.5) is 0 Å². The molecule has 1 aromatic heterocycles. The van der Waals surface area contributed by atoms with Crippen molar-refractivity contribution >= 4 is 33.4 Å². The van der Waals surface area contributed by atoms with Gasteiger partial charge in [-0.05, 0) is 42.7 Å². The van der Waals surface area contributed by atoms with Crippen LogP contribution in [-0.2, 0) is 16.1 Å². The van der Waals surface area contributed by atoms with Crippen LogP contribution in [0.25, 0.3) is 10.2 Å². The van der Waals surface area contributed by atoms with Crippen LogP contribution < -0.4 is 4.74 Å². The number of rotatable bonds is 5. The maximum Gasteiger partial charge on any atom is 0.394 e. The van der Waals surface area contributed by atoms with E-state index in [1.165, 1.54) is 21.8 Å². The molecular weight excluding hydrogens is 402 g/mol. The molecule has 0 aliphatic carbocycles. The van der Waals surface area contributed by atoms with Gasteiger partial charge in [-0.25, -0.2) is 9.78 Å². The number of aromatic nitrogens is 1. The second-order valence-corrected chi connectivity index (χ2v) is 8.42. The number of thiazole rings is 1. The van der Waals surface area contributed by atoms with E-state index >= 15 is 0 Å². The first kappa shape index (κ1) is 20.3. The Hall–Kier alpha value is -2.97. The number of hydrogen-bond acceptors (Lipinski definition) is 6.